The monoisotopic (exact) mass is 368 g/mol. The molecule has 15 heavy (non-hydrogen) atoms. The lowest BCUT2D eigenvalue weighted by molar-refractivity contribution is -0.0812. The summed E-state index contributed by atoms with van der Waals surface area (Å²) in [5.74, 6) is 1.01. The predicted molar refractivity (Wildman–Crippen MR) is 74.7 cm³/mol. The zero-order valence-electron chi connectivity index (χ0n) is 9.43. The number of alkyl halides is 3. The molecule has 0 bridgehead atoms. The molecule has 0 aromatic rings. The molecule has 0 saturated heterocycles. The first-order valence-corrected chi connectivity index (χ1v) is 7.27. The Labute approximate surface area is 116 Å². The molecule has 0 aromatic heterocycles. The van der Waals surface area contributed by atoms with Crippen LogP contribution in [0.3, 0.4) is 0 Å². The fourth-order valence-electron chi connectivity index (χ4n) is 0.934. The van der Waals surface area contributed by atoms with Gasteiger partial charge < -0.3 is 9.47 Å². The highest BCUT2D eigenvalue weighted by molar-refractivity contribution is 14.1. The van der Waals surface area contributed by atoms with Gasteiger partial charge in [0.25, 0.3) is 0 Å². The molecule has 0 N–H and O–H groups in total. The van der Waals surface area contributed by atoms with Crippen molar-refractivity contribution in [3.05, 3.63) is 0 Å². The quantitative estimate of drug-likeness (QED) is 0.482. The summed E-state index contributed by atoms with van der Waals surface area (Å²) in [6, 6.07) is 0. The van der Waals surface area contributed by atoms with Gasteiger partial charge in [0.15, 0.2) is 0 Å². The second-order valence-corrected chi connectivity index (χ2v) is 5.90. The van der Waals surface area contributed by atoms with Gasteiger partial charge in [0, 0.05) is 18.9 Å². The Morgan fingerprint density at radius 3 is 2.27 bits per heavy atom. The predicted octanol–water partition coefficient (Wildman–Crippen LogP) is 3.47. The number of hydrogen-bond acceptors (Lipinski definition) is 2. The van der Waals surface area contributed by atoms with Crippen LogP contribution in [-0.2, 0) is 9.47 Å². The van der Waals surface area contributed by atoms with Crippen LogP contribution in [0.1, 0.15) is 20.3 Å². The molecule has 0 spiro atoms. The van der Waals surface area contributed by atoms with Crippen molar-refractivity contribution in [2.24, 2.45) is 0 Å². The summed E-state index contributed by atoms with van der Waals surface area (Å²) < 4.78 is 11.4. The third-order valence-electron chi connectivity index (χ3n) is 2.55. The Morgan fingerprint density at radius 1 is 1.33 bits per heavy atom. The largest absolute Gasteiger partial charge is 0.376 e. The molecular weight excluding hydrogens is 350 g/mol. The van der Waals surface area contributed by atoms with Gasteiger partial charge in [-0.25, -0.2) is 0 Å². The first-order chi connectivity index (χ1) is 7.02. The highest BCUT2D eigenvalue weighted by atomic mass is 127. The Balaban J connectivity index is 4.09. The van der Waals surface area contributed by atoms with Crippen LogP contribution < -0.4 is 0 Å². The van der Waals surface area contributed by atoms with E-state index in [1.807, 2.05) is 6.92 Å². The molecule has 2 nitrogen and oxygen atoms in total. The van der Waals surface area contributed by atoms with Crippen LogP contribution in [0.4, 0.5) is 0 Å². The molecule has 0 aliphatic carbocycles. The van der Waals surface area contributed by atoms with Gasteiger partial charge in [0.05, 0.1) is 22.2 Å². The lowest BCUT2D eigenvalue weighted by atomic mass is 10.1. The first kappa shape index (κ1) is 16.2. The van der Waals surface area contributed by atoms with Crippen LogP contribution in [0.2, 0.25) is 0 Å². The molecule has 3 atom stereocenters. The minimum Gasteiger partial charge on any atom is -0.376 e. The minimum absolute atomic E-state index is 0.00853. The van der Waals surface area contributed by atoms with Gasteiger partial charge >= 0.3 is 0 Å². The second kappa shape index (κ2) is 8.34. The summed E-state index contributed by atoms with van der Waals surface area (Å²) in [6.45, 7) is 4.65. The highest BCUT2D eigenvalue weighted by Gasteiger charge is 2.25. The molecule has 0 aliphatic heterocycles. The fraction of sp³-hybridized carbons (Fsp3) is 1.00. The summed E-state index contributed by atoms with van der Waals surface area (Å²) in [5, 5.41) is 0. The minimum atomic E-state index is -0.229. The lowest BCUT2D eigenvalue weighted by Gasteiger charge is -2.29. The molecule has 0 rings (SSSR count). The van der Waals surface area contributed by atoms with Crippen molar-refractivity contribution in [2.75, 3.05) is 25.5 Å². The van der Waals surface area contributed by atoms with Crippen LogP contribution in [-0.4, -0.2) is 41.1 Å². The Bertz CT molecular complexity index is 166. The summed E-state index contributed by atoms with van der Waals surface area (Å²) in [4.78, 5) is 0. The third-order valence-corrected chi connectivity index (χ3v) is 4.95. The molecule has 0 heterocycles. The molecular formula is C10H19Cl2IO2. The van der Waals surface area contributed by atoms with Gasteiger partial charge in [-0.3, -0.25) is 0 Å². The van der Waals surface area contributed by atoms with Crippen molar-refractivity contribution in [3.63, 3.8) is 0 Å². The van der Waals surface area contributed by atoms with E-state index in [0.717, 1.165) is 6.42 Å². The average molecular weight is 369 g/mol. The van der Waals surface area contributed by atoms with Crippen molar-refractivity contribution < 1.29 is 9.47 Å². The van der Waals surface area contributed by atoms with Gasteiger partial charge in [-0.15, -0.1) is 23.2 Å². The van der Waals surface area contributed by atoms with Gasteiger partial charge in [-0.05, 0) is 13.3 Å². The van der Waals surface area contributed by atoms with E-state index in [9.17, 15) is 0 Å². The van der Waals surface area contributed by atoms with Crippen molar-refractivity contribution in [3.8, 4) is 0 Å². The SMILES string of the molecule is CCC(C)(COC(CCl)C(I)CCl)OC. The van der Waals surface area contributed by atoms with Gasteiger partial charge in [0.1, 0.15) is 0 Å². The second-order valence-electron chi connectivity index (χ2n) is 3.68. The molecule has 0 saturated carbocycles. The molecule has 0 aliphatic rings. The number of rotatable bonds is 8. The third kappa shape index (κ3) is 5.91. The Hall–Kier alpha value is 1.23. The fourth-order valence-corrected chi connectivity index (χ4v) is 2.20. The zero-order chi connectivity index (χ0) is 11.9. The van der Waals surface area contributed by atoms with E-state index in [1.54, 1.807) is 7.11 Å². The Kier molecular flexibility index (Phi) is 9.02. The molecule has 0 amide bonds. The standard InChI is InChI=1S/C10H19Cl2IO2/c1-4-10(2,14-3)7-15-9(6-12)8(13)5-11/h8-9H,4-7H2,1-3H3. The van der Waals surface area contributed by atoms with Crippen LogP contribution >= 0.6 is 45.8 Å². The van der Waals surface area contributed by atoms with E-state index < -0.39 is 0 Å². The normalized spacial score (nSPS) is 19.6. The van der Waals surface area contributed by atoms with Crippen molar-refractivity contribution >= 4 is 45.8 Å². The highest BCUT2D eigenvalue weighted by Crippen LogP contribution is 2.19. The van der Waals surface area contributed by atoms with Crippen molar-refractivity contribution in [1.29, 1.82) is 0 Å². The molecule has 0 fully saturated rings. The molecule has 3 unspecified atom stereocenters. The number of hydrogen-bond donors (Lipinski definition) is 0. The van der Waals surface area contributed by atoms with Gasteiger partial charge in [0.2, 0.25) is 0 Å². The maximum absolute atomic E-state index is 5.83. The lowest BCUT2D eigenvalue weighted by Crippen LogP contribution is -2.37. The van der Waals surface area contributed by atoms with E-state index in [4.69, 9.17) is 32.7 Å². The summed E-state index contributed by atoms with van der Waals surface area (Å²) in [5.41, 5.74) is -0.229. The maximum atomic E-state index is 5.83. The van der Waals surface area contributed by atoms with E-state index in [0.29, 0.717) is 18.4 Å². The summed E-state index contributed by atoms with van der Waals surface area (Å²) in [6.07, 6.45) is 0.900. The first-order valence-electron chi connectivity index (χ1n) is 4.95. The average Bonchev–Trinajstić information content (AvgIpc) is 2.29. The zero-order valence-corrected chi connectivity index (χ0v) is 13.1. The molecule has 0 radical (unpaired) electrons. The van der Waals surface area contributed by atoms with E-state index in [-0.39, 0.29) is 15.6 Å². The molecule has 0 aromatic carbocycles. The topological polar surface area (TPSA) is 18.5 Å². The van der Waals surface area contributed by atoms with E-state index in [1.165, 1.54) is 0 Å². The van der Waals surface area contributed by atoms with Gasteiger partial charge in [-0.2, -0.15) is 0 Å². The summed E-state index contributed by atoms with van der Waals surface area (Å²) in [7, 11) is 1.70. The van der Waals surface area contributed by atoms with Crippen LogP contribution in [0.15, 0.2) is 0 Å². The summed E-state index contributed by atoms with van der Waals surface area (Å²) >= 11 is 13.9. The van der Waals surface area contributed by atoms with Crippen molar-refractivity contribution in [2.45, 2.75) is 35.9 Å². The van der Waals surface area contributed by atoms with Crippen molar-refractivity contribution in [1.82, 2.24) is 0 Å². The number of halogens is 3. The maximum Gasteiger partial charge on any atom is 0.0880 e. The van der Waals surface area contributed by atoms with Gasteiger partial charge in [-0.1, -0.05) is 29.5 Å². The number of methoxy groups -OCH3 is 1. The van der Waals surface area contributed by atoms with E-state index >= 15 is 0 Å². The smallest absolute Gasteiger partial charge is 0.0880 e. The van der Waals surface area contributed by atoms with E-state index in [2.05, 4.69) is 29.5 Å². The Morgan fingerprint density at radius 2 is 1.93 bits per heavy atom. The van der Waals surface area contributed by atoms with Crippen LogP contribution in [0.25, 0.3) is 0 Å². The van der Waals surface area contributed by atoms with Crippen LogP contribution in [0, 0.1) is 0 Å². The van der Waals surface area contributed by atoms with Crippen LogP contribution in [0.5, 0.6) is 0 Å². The molecule has 92 valence electrons. The molecule has 5 heteroatoms. The number of ether oxygens (including phenoxy) is 2.